The van der Waals surface area contributed by atoms with Crippen molar-refractivity contribution in [2.75, 3.05) is 6.61 Å². The van der Waals surface area contributed by atoms with Gasteiger partial charge in [0.2, 0.25) is 0 Å². The van der Waals surface area contributed by atoms with Crippen molar-refractivity contribution in [3.63, 3.8) is 0 Å². The number of hydrogen-bond donors (Lipinski definition) is 3. The molecule has 168 valence electrons. The van der Waals surface area contributed by atoms with Crippen molar-refractivity contribution in [2.24, 2.45) is 11.8 Å². The van der Waals surface area contributed by atoms with E-state index in [2.05, 4.69) is 15.3 Å². The SMILES string of the molecule is OCC1C(O)CC(NCc2ccc(Cl)cc2)C1Cc1ccnc(COc2ccccc2)n1. The van der Waals surface area contributed by atoms with Gasteiger partial charge in [0.05, 0.1) is 6.10 Å². The maximum atomic E-state index is 10.5. The summed E-state index contributed by atoms with van der Waals surface area (Å²) in [5, 5.41) is 24.7. The molecule has 0 radical (unpaired) electrons. The zero-order valence-corrected chi connectivity index (χ0v) is 18.5. The van der Waals surface area contributed by atoms with Gasteiger partial charge in [-0.3, -0.25) is 0 Å². The smallest absolute Gasteiger partial charge is 0.166 e. The van der Waals surface area contributed by atoms with Crippen molar-refractivity contribution in [3.8, 4) is 5.75 Å². The summed E-state index contributed by atoms with van der Waals surface area (Å²) in [6.45, 7) is 0.899. The van der Waals surface area contributed by atoms with Crippen LogP contribution in [0, 0.1) is 11.8 Å². The van der Waals surface area contributed by atoms with Crippen LogP contribution in [0.3, 0.4) is 0 Å². The number of hydrogen-bond acceptors (Lipinski definition) is 6. The van der Waals surface area contributed by atoms with Gasteiger partial charge < -0.3 is 20.3 Å². The lowest BCUT2D eigenvalue weighted by Crippen LogP contribution is -2.36. The van der Waals surface area contributed by atoms with Crippen LogP contribution in [0.4, 0.5) is 0 Å². The molecule has 6 nitrogen and oxygen atoms in total. The summed E-state index contributed by atoms with van der Waals surface area (Å²) in [6.07, 6.45) is 2.43. The number of aliphatic hydroxyl groups is 2. The van der Waals surface area contributed by atoms with Crippen molar-refractivity contribution in [3.05, 3.63) is 89.0 Å². The minimum absolute atomic E-state index is 0.0555. The lowest BCUT2D eigenvalue weighted by atomic mass is 9.88. The van der Waals surface area contributed by atoms with Crippen molar-refractivity contribution in [2.45, 2.75) is 38.1 Å². The second-order valence-electron chi connectivity index (χ2n) is 8.20. The topological polar surface area (TPSA) is 87.5 Å². The zero-order valence-electron chi connectivity index (χ0n) is 17.8. The van der Waals surface area contributed by atoms with Crippen LogP contribution >= 0.6 is 11.6 Å². The second-order valence-corrected chi connectivity index (χ2v) is 8.63. The third-order valence-electron chi connectivity index (χ3n) is 6.07. The van der Waals surface area contributed by atoms with E-state index in [1.54, 1.807) is 6.20 Å². The highest BCUT2D eigenvalue weighted by atomic mass is 35.5. The minimum atomic E-state index is -0.546. The van der Waals surface area contributed by atoms with E-state index in [0.29, 0.717) is 30.2 Å². The quantitative estimate of drug-likeness (QED) is 0.460. The zero-order chi connectivity index (χ0) is 22.3. The van der Waals surface area contributed by atoms with Crippen LogP contribution in [0.2, 0.25) is 5.02 Å². The third-order valence-corrected chi connectivity index (χ3v) is 6.32. The van der Waals surface area contributed by atoms with E-state index in [4.69, 9.17) is 16.3 Å². The Kier molecular flexibility index (Phi) is 7.71. The van der Waals surface area contributed by atoms with Gasteiger partial charge in [-0.25, -0.2) is 9.97 Å². The number of aromatic nitrogens is 2. The third kappa shape index (κ3) is 5.84. The van der Waals surface area contributed by atoms with E-state index >= 15 is 0 Å². The van der Waals surface area contributed by atoms with E-state index in [1.807, 2.05) is 60.7 Å². The Morgan fingerprint density at radius 2 is 1.81 bits per heavy atom. The highest BCUT2D eigenvalue weighted by Crippen LogP contribution is 2.35. The highest BCUT2D eigenvalue weighted by molar-refractivity contribution is 6.30. The molecule has 0 spiro atoms. The molecule has 1 aliphatic rings. The van der Waals surface area contributed by atoms with Gasteiger partial charge in [-0.2, -0.15) is 0 Å². The van der Waals surface area contributed by atoms with Crippen molar-refractivity contribution >= 4 is 11.6 Å². The summed E-state index contributed by atoms with van der Waals surface area (Å²) >= 11 is 5.98. The van der Waals surface area contributed by atoms with Crippen LogP contribution in [0.1, 0.15) is 23.5 Å². The Bertz CT molecular complexity index is 987. The predicted molar refractivity (Wildman–Crippen MR) is 123 cm³/mol. The lowest BCUT2D eigenvalue weighted by Gasteiger charge is -2.25. The summed E-state index contributed by atoms with van der Waals surface area (Å²) in [7, 11) is 0. The monoisotopic (exact) mass is 453 g/mol. The summed E-state index contributed by atoms with van der Waals surface area (Å²) in [4.78, 5) is 8.99. The number of nitrogens with zero attached hydrogens (tertiary/aromatic N) is 2. The number of aliphatic hydroxyl groups excluding tert-OH is 2. The molecule has 0 saturated heterocycles. The van der Waals surface area contributed by atoms with E-state index in [1.165, 1.54) is 0 Å². The predicted octanol–water partition coefficient (Wildman–Crippen LogP) is 3.40. The minimum Gasteiger partial charge on any atom is -0.486 e. The van der Waals surface area contributed by atoms with Crippen molar-refractivity contribution in [1.82, 2.24) is 15.3 Å². The highest BCUT2D eigenvalue weighted by Gasteiger charge is 2.42. The van der Waals surface area contributed by atoms with Gasteiger partial charge in [0.25, 0.3) is 0 Å². The first-order valence-corrected chi connectivity index (χ1v) is 11.3. The summed E-state index contributed by atoms with van der Waals surface area (Å²) in [5.41, 5.74) is 2.00. The Labute approximate surface area is 193 Å². The Hall–Kier alpha value is -2.51. The molecule has 7 heteroatoms. The van der Waals surface area contributed by atoms with E-state index in [0.717, 1.165) is 17.0 Å². The molecule has 3 N–H and O–H groups in total. The largest absolute Gasteiger partial charge is 0.486 e. The summed E-state index contributed by atoms with van der Waals surface area (Å²) in [6, 6.07) is 19.2. The summed E-state index contributed by atoms with van der Waals surface area (Å²) in [5.74, 6) is 1.24. The maximum Gasteiger partial charge on any atom is 0.166 e. The fourth-order valence-electron chi connectivity index (χ4n) is 4.36. The number of halogens is 1. The molecule has 1 heterocycles. The molecule has 4 atom stereocenters. The molecule has 3 aromatic rings. The number of benzene rings is 2. The van der Waals surface area contributed by atoms with E-state index < -0.39 is 6.10 Å². The first-order valence-electron chi connectivity index (χ1n) is 10.9. The molecule has 0 bridgehead atoms. The van der Waals surface area contributed by atoms with Gasteiger partial charge in [0, 0.05) is 42.0 Å². The maximum absolute atomic E-state index is 10.5. The van der Waals surface area contributed by atoms with Gasteiger partial charge in [0.1, 0.15) is 12.4 Å². The lowest BCUT2D eigenvalue weighted by molar-refractivity contribution is 0.0715. The fraction of sp³-hybridized carbons (Fsp3) is 0.360. The van der Waals surface area contributed by atoms with Crippen molar-refractivity contribution in [1.29, 1.82) is 0 Å². The average molecular weight is 454 g/mol. The van der Waals surface area contributed by atoms with Gasteiger partial charge in [-0.05, 0) is 54.7 Å². The van der Waals surface area contributed by atoms with Crippen LogP contribution < -0.4 is 10.1 Å². The molecule has 4 rings (SSSR count). The van der Waals surface area contributed by atoms with E-state index in [-0.39, 0.29) is 31.1 Å². The van der Waals surface area contributed by atoms with Crippen LogP contribution in [-0.2, 0) is 19.6 Å². The molecule has 1 aromatic heterocycles. The van der Waals surface area contributed by atoms with Gasteiger partial charge in [-0.15, -0.1) is 0 Å². The number of ether oxygens (including phenoxy) is 1. The molecule has 2 aromatic carbocycles. The molecule has 1 saturated carbocycles. The first-order chi connectivity index (χ1) is 15.6. The van der Waals surface area contributed by atoms with E-state index in [9.17, 15) is 10.2 Å². The summed E-state index contributed by atoms with van der Waals surface area (Å²) < 4.78 is 5.77. The molecular weight excluding hydrogens is 426 g/mol. The molecule has 32 heavy (non-hydrogen) atoms. The van der Waals surface area contributed by atoms with Crippen LogP contribution in [0.25, 0.3) is 0 Å². The molecule has 1 aliphatic carbocycles. The molecule has 1 fully saturated rings. The Morgan fingerprint density at radius 3 is 2.56 bits per heavy atom. The average Bonchev–Trinajstić information content (AvgIpc) is 3.12. The fourth-order valence-corrected chi connectivity index (χ4v) is 4.49. The normalized spacial score (nSPS) is 22.7. The van der Waals surface area contributed by atoms with Crippen LogP contribution in [0.5, 0.6) is 5.75 Å². The molecule has 4 unspecified atom stereocenters. The van der Waals surface area contributed by atoms with Gasteiger partial charge >= 0.3 is 0 Å². The second kappa shape index (κ2) is 10.9. The van der Waals surface area contributed by atoms with Crippen molar-refractivity contribution < 1.29 is 14.9 Å². The molecule has 0 amide bonds. The van der Waals surface area contributed by atoms with Crippen LogP contribution in [0.15, 0.2) is 66.9 Å². The van der Waals surface area contributed by atoms with Gasteiger partial charge in [0.15, 0.2) is 5.82 Å². The number of nitrogens with one attached hydrogen (secondary N) is 1. The molecule has 0 aliphatic heterocycles. The number of para-hydroxylation sites is 1. The van der Waals surface area contributed by atoms with Crippen LogP contribution in [-0.4, -0.2) is 38.9 Å². The van der Waals surface area contributed by atoms with Gasteiger partial charge in [-0.1, -0.05) is 41.9 Å². The Morgan fingerprint density at radius 1 is 1.03 bits per heavy atom. The molecular formula is C25H28ClN3O3. The Balaban J connectivity index is 1.41. The standard InChI is InChI=1S/C25H28ClN3O3/c26-18-8-6-17(7-9-18)14-28-23-13-24(31)22(15-30)21(23)12-19-10-11-27-25(29-19)16-32-20-4-2-1-3-5-20/h1-11,21-24,28,30-31H,12-16H2. The number of rotatable bonds is 9. The first kappa shape index (κ1) is 22.7.